The Bertz CT molecular complexity index is 234. The van der Waals surface area contributed by atoms with Crippen molar-refractivity contribution in [1.29, 1.82) is 5.26 Å². The molecule has 0 spiro atoms. The van der Waals surface area contributed by atoms with Gasteiger partial charge in [-0.1, -0.05) is 12.2 Å². The molecule has 9 heavy (non-hydrogen) atoms. The van der Waals surface area contributed by atoms with E-state index in [-0.39, 0.29) is 0 Å². The zero-order chi connectivity index (χ0) is 6.27. The van der Waals surface area contributed by atoms with Crippen LogP contribution < -0.4 is 0 Å². The third-order valence-electron chi connectivity index (χ3n) is 1.50. The van der Waals surface area contributed by atoms with Crippen molar-refractivity contribution in [2.24, 2.45) is 0 Å². The molecule has 0 amide bonds. The number of thioether (sulfide) groups is 1. The molecule has 1 fully saturated rings. The summed E-state index contributed by atoms with van der Waals surface area (Å²) in [5.74, 6) is 0. The molecule has 2 rings (SSSR count). The first kappa shape index (κ1) is 5.13. The Kier molecular flexibility index (Phi) is 0.940. The van der Waals surface area contributed by atoms with Crippen LogP contribution in [0, 0.1) is 11.3 Å². The summed E-state index contributed by atoms with van der Waals surface area (Å²) >= 11 is 1.90. The van der Waals surface area contributed by atoms with E-state index in [0.29, 0.717) is 10.5 Å². The fourth-order valence-electron chi connectivity index (χ4n) is 0.931. The van der Waals surface area contributed by atoms with E-state index < -0.39 is 0 Å². The molecule has 44 valence electrons. The van der Waals surface area contributed by atoms with Gasteiger partial charge >= 0.3 is 0 Å². The van der Waals surface area contributed by atoms with Gasteiger partial charge in [-0.15, -0.1) is 11.8 Å². The van der Waals surface area contributed by atoms with Crippen molar-refractivity contribution >= 4 is 11.8 Å². The number of nitrogens with zero attached hydrogens (tertiary/aromatic N) is 1. The first-order valence-corrected chi connectivity index (χ1v) is 3.80. The van der Waals surface area contributed by atoms with Gasteiger partial charge in [-0.05, 0) is 6.08 Å². The molecule has 2 heteroatoms. The van der Waals surface area contributed by atoms with Crippen LogP contribution >= 0.6 is 11.8 Å². The van der Waals surface area contributed by atoms with Crippen LogP contribution in [0.1, 0.15) is 0 Å². The van der Waals surface area contributed by atoms with Crippen molar-refractivity contribution in [3.8, 4) is 6.07 Å². The van der Waals surface area contributed by atoms with E-state index in [1.165, 1.54) is 0 Å². The zero-order valence-corrected chi connectivity index (χ0v) is 5.56. The minimum absolute atomic E-state index is 0.629. The maximum atomic E-state index is 8.45. The lowest BCUT2D eigenvalue weighted by molar-refractivity contribution is 1.19. The Labute approximate surface area is 58.1 Å². The average molecular weight is 135 g/mol. The van der Waals surface area contributed by atoms with Crippen molar-refractivity contribution in [2.45, 2.75) is 10.5 Å². The minimum Gasteiger partial charge on any atom is -0.192 e. The third-order valence-corrected chi connectivity index (χ3v) is 2.69. The molecule has 2 atom stereocenters. The zero-order valence-electron chi connectivity index (χ0n) is 4.74. The molecule has 1 aliphatic heterocycles. The third kappa shape index (κ3) is 0.778. The first-order chi connectivity index (χ1) is 4.40. The highest BCUT2D eigenvalue weighted by Gasteiger charge is 2.36. The Balaban J connectivity index is 2.28. The SMILES string of the molecule is N#CC1=CC2SC2C=C1. The number of allylic oxidation sites excluding steroid dienone is 2. The van der Waals surface area contributed by atoms with Gasteiger partial charge in [0.1, 0.15) is 0 Å². The fourth-order valence-corrected chi connectivity index (χ4v) is 1.77. The highest BCUT2D eigenvalue weighted by Crippen LogP contribution is 2.45. The monoisotopic (exact) mass is 135 g/mol. The van der Waals surface area contributed by atoms with E-state index in [1.807, 2.05) is 23.9 Å². The lowest BCUT2D eigenvalue weighted by Gasteiger charge is -1.91. The predicted molar refractivity (Wildman–Crippen MR) is 38.0 cm³/mol. The molecular formula is C7H5NS. The van der Waals surface area contributed by atoms with Crippen LogP contribution in [0.3, 0.4) is 0 Å². The van der Waals surface area contributed by atoms with Crippen LogP contribution in [0.25, 0.3) is 0 Å². The highest BCUT2D eigenvalue weighted by molar-refractivity contribution is 8.08. The van der Waals surface area contributed by atoms with E-state index in [1.54, 1.807) is 0 Å². The number of nitriles is 1. The number of fused-ring (bicyclic) bond motifs is 1. The lowest BCUT2D eigenvalue weighted by atomic mass is 10.1. The van der Waals surface area contributed by atoms with Crippen LogP contribution in [0.5, 0.6) is 0 Å². The lowest BCUT2D eigenvalue weighted by Crippen LogP contribution is -1.92. The summed E-state index contributed by atoms with van der Waals surface area (Å²) in [7, 11) is 0. The summed E-state index contributed by atoms with van der Waals surface area (Å²) in [5.41, 5.74) is 0.821. The van der Waals surface area contributed by atoms with Gasteiger partial charge in [-0.2, -0.15) is 5.26 Å². The van der Waals surface area contributed by atoms with Gasteiger partial charge in [0.2, 0.25) is 0 Å². The van der Waals surface area contributed by atoms with Crippen LogP contribution in [-0.2, 0) is 0 Å². The number of rotatable bonds is 0. The summed E-state index contributed by atoms with van der Waals surface area (Å²) in [6.07, 6.45) is 6.05. The molecule has 1 nitrogen and oxygen atoms in total. The smallest absolute Gasteiger partial charge is 0.0988 e. The molecule has 1 saturated heterocycles. The molecule has 0 N–H and O–H groups in total. The topological polar surface area (TPSA) is 23.8 Å². The van der Waals surface area contributed by atoms with E-state index in [9.17, 15) is 0 Å². The van der Waals surface area contributed by atoms with Gasteiger partial charge in [-0.3, -0.25) is 0 Å². The summed E-state index contributed by atoms with van der Waals surface area (Å²) in [5, 5.41) is 9.77. The Morgan fingerprint density at radius 3 is 3.11 bits per heavy atom. The molecule has 0 saturated carbocycles. The molecule has 0 aromatic carbocycles. The van der Waals surface area contributed by atoms with Gasteiger partial charge < -0.3 is 0 Å². The normalized spacial score (nSPS) is 36.6. The van der Waals surface area contributed by atoms with Gasteiger partial charge in [0.25, 0.3) is 0 Å². The summed E-state index contributed by atoms with van der Waals surface area (Å²) < 4.78 is 0. The van der Waals surface area contributed by atoms with E-state index in [0.717, 1.165) is 5.57 Å². The van der Waals surface area contributed by atoms with Crippen LogP contribution in [0.2, 0.25) is 0 Å². The summed E-state index contributed by atoms with van der Waals surface area (Å²) in [6.45, 7) is 0. The van der Waals surface area contributed by atoms with Gasteiger partial charge in [0.15, 0.2) is 0 Å². The minimum atomic E-state index is 0.629. The Hall–Kier alpha value is -0.680. The van der Waals surface area contributed by atoms with E-state index >= 15 is 0 Å². The Morgan fingerprint density at radius 1 is 1.56 bits per heavy atom. The van der Waals surface area contributed by atoms with Crippen molar-refractivity contribution in [3.05, 3.63) is 23.8 Å². The fraction of sp³-hybridized carbons (Fsp3) is 0.286. The van der Waals surface area contributed by atoms with Gasteiger partial charge in [0, 0.05) is 16.1 Å². The summed E-state index contributed by atoms with van der Waals surface area (Å²) in [6, 6.07) is 2.12. The van der Waals surface area contributed by atoms with Gasteiger partial charge in [-0.25, -0.2) is 0 Å². The molecular weight excluding hydrogens is 130 g/mol. The molecule has 1 heterocycles. The van der Waals surface area contributed by atoms with Crippen molar-refractivity contribution in [2.75, 3.05) is 0 Å². The highest BCUT2D eigenvalue weighted by atomic mass is 32.2. The predicted octanol–water partition coefficient (Wildman–Crippen LogP) is 1.49. The maximum Gasteiger partial charge on any atom is 0.0988 e. The van der Waals surface area contributed by atoms with Gasteiger partial charge in [0.05, 0.1) is 6.07 Å². The first-order valence-electron chi connectivity index (χ1n) is 2.86. The average Bonchev–Trinajstić information content (AvgIpc) is 2.64. The number of hydrogen-bond acceptors (Lipinski definition) is 2. The maximum absolute atomic E-state index is 8.45. The molecule has 2 aliphatic rings. The second-order valence-corrected chi connectivity index (χ2v) is 3.52. The second kappa shape index (κ2) is 1.65. The molecule has 0 radical (unpaired) electrons. The van der Waals surface area contributed by atoms with Crippen molar-refractivity contribution < 1.29 is 0 Å². The summed E-state index contributed by atoms with van der Waals surface area (Å²) in [4.78, 5) is 0. The molecule has 0 aromatic heterocycles. The second-order valence-electron chi connectivity index (χ2n) is 2.16. The van der Waals surface area contributed by atoms with Crippen molar-refractivity contribution in [1.82, 2.24) is 0 Å². The molecule has 0 bridgehead atoms. The van der Waals surface area contributed by atoms with Crippen LogP contribution in [0.15, 0.2) is 23.8 Å². The standard InChI is InChI=1S/C7H5NS/c8-4-5-1-2-6-7(3-5)9-6/h1-3,6-7H. The van der Waals surface area contributed by atoms with E-state index in [4.69, 9.17) is 5.26 Å². The number of hydrogen-bond donors (Lipinski definition) is 0. The molecule has 0 aromatic rings. The quantitative estimate of drug-likeness (QED) is 0.470. The van der Waals surface area contributed by atoms with Crippen LogP contribution in [-0.4, -0.2) is 10.5 Å². The Morgan fingerprint density at radius 2 is 2.44 bits per heavy atom. The van der Waals surface area contributed by atoms with Crippen molar-refractivity contribution in [3.63, 3.8) is 0 Å². The molecule has 1 aliphatic carbocycles. The molecule has 2 unspecified atom stereocenters. The van der Waals surface area contributed by atoms with E-state index in [2.05, 4.69) is 12.1 Å². The van der Waals surface area contributed by atoms with Crippen LogP contribution in [0.4, 0.5) is 0 Å². The largest absolute Gasteiger partial charge is 0.192 e.